The van der Waals surface area contributed by atoms with Gasteiger partial charge in [0.2, 0.25) is 0 Å². The highest BCUT2D eigenvalue weighted by Gasteiger charge is 2.16. The molecule has 3 rings (SSSR count). The van der Waals surface area contributed by atoms with Crippen LogP contribution < -0.4 is 0 Å². The molecule has 0 saturated heterocycles. The summed E-state index contributed by atoms with van der Waals surface area (Å²) in [6.07, 6.45) is 1.05. The van der Waals surface area contributed by atoms with Gasteiger partial charge in [0, 0.05) is 29.7 Å². The summed E-state index contributed by atoms with van der Waals surface area (Å²) in [4.78, 5) is 2.30. The highest BCUT2D eigenvalue weighted by Crippen LogP contribution is 2.22. The van der Waals surface area contributed by atoms with Crippen molar-refractivity contribution in [2.24, 2.45) is 0 Å². The average Bonchev–Trinajstić information content (AvgIpc) is 2.42. The lowest BCUT2D eigenvalue weighted by Gasteiger charge is -2.28. The van der Waals surface area contributed by atoms with Crippen LogP contribution in [0, 0.1) is 5.82 Å². The fourth-order valence-electron chi connectivity index (χ4n) is 2.58. The van der Waals surface area contributed by atoms with Crippen molar-refractivity contribution in [1.29, 1.82) is 0 Å². The van der Waals surface area contributed by atoms with Crippen LogP contribution in [0.4, 0.5) is 4.39 Å². The highest BCUT2D eigenvalue weighted by molar-refractivity contribution is 9.10. The molecule has 0 N–H and O–H groups in total. The number of fused-ring (bicyclic) bond motifs is 1. The average molecular weight is 320 g/mol. The maximum absolute atomic E-state index is 13.8. The minimum Gasteiger partial charge on any atom is -0.294 e. The minimum absolute atomic E-state index is 0.131. The van der Waals surface area contributed by atoms with Crippen molar-refractivity contribution in [2.45, 2.75) is 19.5 Å². The van der Waals surface area contributed by atoms with E-state index in [1.54, 1.807) is 0 Å². The van der Waals surface area contributed by atoms with Gasteiger partial charge in [-0.2, -0.15) is 0 Å². The maximum atomic E-state index is 13.8. The molecular weight excluding hydrogens is 305 g/mol. The monoisotopic (exact) mass is 319 g/mol. The Morgan fingerprint density at radius 2 is 1.89 bits per heavy atom. The van der Waals surface area contributed by atoms with Crippen LogP contribution in [-0.2, 0) is 19.5 Å². The molecule has 19 heavy (non-hydrogen) atoms. The molecule has 0 unspecified atom stereocenters. The Labute approximate surface area is 121 Å². The van der Waals surface area contributed by atoms with E-state index in [9.17, 15) is 4.39 Å². The molecule has 0 saturated carbocycles. The van der Waals surface area contributed by atoms with Crippen LogP contribution in [0.25, 0.3) is 0 Å². The van der Waals surface area contributed by atoms with Crippen LogP contribution in [0.15, 0.2) is 46.9 Å². The molecule has 1 heterocycles. The van der Waals surface area contributed by atoms with Crippen LogP contribution in [-0.4, -0.2) is 11.4 Å². The van der Waals surface area contributed by atoms with Gasteiger partial charge in [0.15, 0.2) is 0 Å². The van der Waals surface area contributed by atoms with Gasteiger partial charge in [-0.05, 0) is 29.7 Å². The Kier molecular flexibility index (Phi) is 3.67. The zero-order chi connectivity index (χ0) is 13.2. The third kappa shape index (κ3) is 2.88. The van der Waals surface area contributed by atoms with Crippen LogP contribution in [0.3, 0.4) is 0 Å². The van der Waals surface area contributed by atoms with Crippen molar-refractivity contribution in [1.82, 2.24) is 4.90 Å². The zero-order valence-corrected chi connectivity index (χ0v) is 12.2. The van der Waals surface area contributed by atoms with Crippen LogP contribution in [0.2, 0.25) is 0 Å². The molecule has 0 amide bonds. The molecule has 0 fully saturated rings. The van der Waals surface area contributed by atoms with Gasteiger partial charge in [-0.15, -0.1) is 0 Å². The number of rotatable bonds is 2. The fraction of sp³-hybridized carbons (Fsp3) is 0.250. The number of hydrogen-bond acceptors (Lipinski definition) is 1. The predicted molar refractivity (Wildman–Crippen MR) is 78.4 cm³/mol. The molecule has 2 aromatic carbocycles. The molecule has 1 aliphatic rings. The van der Waals surface area contributed by atoms with Crippen molar-refractivity contribution in [3.05, 3.63) is 69.4 Å². The first-order valence-corrected chi connectivity index (χ1v) is 7.25. The SMILES string of the molecule is Fc1cc(Br)ccc1CN1CCc2ccccc2C1. The van der Waals surface area contributed by atoms with Gasteiger partial charge in [-0.25, -0.2) is 4.39 Å². The summed E-state index contributed by atoms with van der Waals surface area (Å²) < 4.78 is 14.6. The van der Waals surface area contributed by atoms with Crippen LogP contribution in [0.1, 0.15) is 16.7 Å². The van der Waals surface area contributed by atoms with E-state index in [4.69, 9.17) is 0 Å². The third-order valence-electron chi connectivity index (χ3n) is 3.62. The van der Waals surface area contributed by atoms with Crippen molar-refractivity contribution in [3.8, 4) is 0 Å². The van der Waals surface area contributed by atoms with E-state index in [1.165, 1.54) is 17.2 Å². The molecule has 0 radical (unpaired) electrons. The molecule has 0 bridgehead atoms. The lowest BCUT2D eigenvalue weighted by Crippen LogP contribution is -2.30. The van der Waals surface area contributed by atoms with Gasteiger partial charge in [0.05, 0.1) is 0 Å². The number of halogens is 2. The summed E-state index contributed by atoms with van der Waals surface area (Å²) in [5.41, 5.74) is 3.56. The Morgan fingerprint density at radius 1 is 1.11 bits per heavy atom. The van der Waals surface area contributed by atoms with Crippen molar-refractivity contribution in [3.63, 3.8) is 0 Å². The summed E-state index contributed by atoms with van der Waals surface area (Å²) in [5.74, 6) is -0.131. The minimum atomic E-state index is -0.131. The van der Waals surface area contributed by atoms with E-state index in [2.05, 4.69) is 45.1 Å². The summed E-state index contributed by atoms with van der Waals surface area (Å²) in [5, 5.41) is 0. The van der Waals surface area contributed by atoms with Gasteiger partial charge in [-0.3, -0.25) is 4.90 Å². The smallest absolute Gasteiger partial charge is 0.128 e. The van der Waals surface area contributed by atoms with Gasteiger partial charge < -0.3 is 0 Å². The normalized spacial score (nSPS) is 15.3. The quantitative estimate of drug-likeness (QED) is 0.804. The van der Waals surface area contributed by atoms with Crippen molar-refractivity contribution >= 4 is 15.9 Å². The summed E-state index contributed by atoms with van der Waals surface area (Å²) in [6.45, 7) is 2.58. The fourth-order valence-corrected chi connectivity index (χ4v) is 2.91. The van der Waals surface area contributed by atoms with Crippen LogP contribution >= 0.6 is 15.9 Å². The van der Waals surface area contributed by atoms with E-state index in [0.717, 1.165) is 29.5 Å². The molecule has 1 aliphatic heterocycles. The second-order valence-corrected chi connectivity index (χ2v) is 5.88. The standard InChI is InChI=1S/C16H15BrFN/c17-15-6-5-14(16(18)9-15)11-19-8-7-12-3-1-2-4-13(12)10-19/h1-6,9H,7-8,10-11H2. The molecule has 0 atom stereocenters. The summed E-state index contributed by atoms with van der Waals surface area (Å²) in [7, 11) is 0. The Hall–Kier alpha value is -1.19. The molecule has 0 aliphatic carbocycles. The third-order valence-corrected chi connectivity index (χ3v) is 4.11. The first-order chi connectivity index (χ1) is 9.22. The lowest BCUT2D eigenvalue weighted by atomic mass is 9.99. The molecular formula is C16H15BrFN. The number of nitrogens with zero attached hydrogens (tertiary/aromatic N) is 1. The molecule has 2 aromatic rings. The lowest BCUT2D eigenvalue weighted by molar-refractivity contribution is 0.242. The Balaban J connectivity index is 1.75. The summed E-state index contributed by atoms with van der Waals surface area (Å²) >= 11 is 3.29. The second kappa shape index (κ2) is 5.43. The zero-order valence-electron chi connectivity index (χ0n) is 10.6. The van der Waals surface area contributed by atoms with E-state index < -0.39 is 0 Å². The largest absolute Gasteiger partial charge is 0.294 e. The second-order valence-electron chi connectivity index (χ2n) is 4.97. The highest BCUT2D eigenvalue weighted by atomic mass is 79.9. The van der Waals surface area contributed by atoms with E-state index in [-0.39, 0.29) is 5.82 Å². The van der Waals surface area contributed by atoms with Crippen molar-refractivity contribution in [2.75, 3.05) is 6.54 Å². The van der Waals surface area contributed by atoms with E-state index >= 15 is 0 Å². The van der Waals surface area contributed by atoms with Gasteiger partial charge in [0.25, 0.3) is 0 Å². The van der Waals surface area contributed by atoms with Gasteiger partial charge in [-0.1, -0.05) is 46.3 Å². The molecule has 3 heteroatoms. The number of hydrogen-bond donors (Lipinski definition) is 0. The Morgan fingerprint density at radius 3 is 2.68 bits per heavy atom. The van der Waals surface area contributed by atoms with Crippen LogP contribution in [0.5, 0.6) is 0 Å². The molecule has 98 valence electrons. The molecule has 0 spiro atoms. The first kappa shape index (κ1) is 12.8. The van der Waals surface area contributed by atoms with Gasteiger partial charge >= 0.3 is 0 Å². The Bertz CT molecular complexity index is 597. The topological polar surface area (TPSA) is 3.24 Å². The van der Waals surface area contributed by atoms with E-state index in [1.807, 2.05) is 12.1 Å². The van der Waals surface area contributed by atoms with Crippen molar-refractivity contribution < 1.29 is 4.39 Å². The van der Waals surface area contributed by atoms with E-state index in [0.29, 0.717) is 6.54 Å². The number of benzene rings is 2. The molecule has 1 nitrogen and oxygen atoms in total. The predicted octanol–water partition coefficient (Wildman–Crippen LogP) is 4.15. The first-order valence-electron chi connectivity index (χ1n) is 6.45. The summed E-state index contributed by atoms with van der Waals surface area (Å²) in [6, 6.07) is 13.8. The van der Waals surface area contributed by atoms with Gasteiger partial charge in [0.1, 0.15) is 5.82 Å². The molecule has 0 aromatic heterocycles. The maximum Gasteiger partial charge on any atom is 0.128 e.